The van der Waals surface area contributed by atoms with Crippen LogP contribution in [0.25, 0.3) is 0 Å². The highest BCUT2D eigenvalue weighted by atomic mass is 32.2. The number of hydrogen-bond acceptors (Lipinski definition) is 5. The molecule has 2 aromatic rings. The van der Waals surface area contributed by atoms with Crippen LogP contribution in [-0.4, -0.2) is 42.6 Å². The van der Waals surface area contributed by atoms with Crippen LogP contribution in [0.2, 0.25) is 0 Å². The lowest BCUT2D eigenvalue weighted by Gasteiger charge is -2.30. The Balaban J connectivity index is 1.61. The number of rotatable bonds is 5. The zero-order chi connectivity index (χ0) is 21.0. The van der Waals surface area contributed by atoms with Gasteiger partial charge in [-0.2, -0.15) is 4.31 Å². The van der Waals surface area contributed by atoms with E-state index in [1.165, 1.54) is 23.4 Å². The smallest absolute Gasteiger partial charge is 0.243 e. The van der Waals surface area contributed by atoms with E-state index in [0.29, 0.717) is 24.3 Å². The summed E-state index contributed by atoms with van der Waals surface area (Å²) < 4.78 is 27.1. The maximum Gasteiger partial charge on any atom is 0.243 e. The number of carbonyl (C=O) groups is 2. The number of aryl methyl sites for hydroxylation is 1. The quantitative estimate of drug-likeness (QED) is 0.778. The summed E-state index contributed by atoms with van der Waals surface area (Å²) in [5.74, 6) is -0.0813. The van der Waals surface area contributed by atoms with Crippen molar-refractivity contribution >= 4 is 33.3 Å². The van der Waals surface area contributed by atoms with Crippen LogP contribution < -0.4 is 10.6 Å². The summed E-state index contributed by atoms with van der Waals surface area (Å²) in [5.41, 5.74) is 1.42. The molecule has 1 aliphatic heterocycles. The van der Waals surface area contributed by atoms with Crippen LogP contribution in [0.15, 0.2) is 47.5 Å². The van der Waals surface area contributed by atoms with Crippen molar-refractivity contribution in [1.29, 1.82) is 0 Å². The highest BCUT2D eigenvalue weighted by molar-refractivity contribution is 7.89. The summed E-state index contributed by atoms with van der Waals surface area (Å²) in [7, 11) is -3.65. The lowest BCUT2D eigenvalue weighted by Crippen LogP contribution is -2.41. The molecule has 1 fully saturated rings. The number of aromatic nitrogens is 1. The van der Waals surface area contributed by atoms with Gasteiger partial charge in [-0.15, -0.1) is 0 Å². The highest BCUT2D eigenvalue weighted by Gasteiger charge is 2.32. The van der Waals surface area contributed by atoms with Gasteiger partial charge >= 0.3 is 0 Å². The second-order valence-electron chi connectivity index (χ2n) is 7.04. The number of hydrogen-bond donors (Lipinski definition) is 2. The minimum Gasteiger partial charge on any atom is -0.326 e. The van der Waals surface area contributed by atoms with Crippen LogP contribution in [0.1, 0.15) is 25.3 Å². The number of amides is 2. The SMILES string of the molecule is CC(=O)Nc1ccc(S(=O)(=O)N2CCC(C(=O)Nc3ncccc3C)CC2)cc1. The summed E-state index contributed by atoms with van der Waals surface area (Å²) >= 11 is 0. The molecule has 1 aromatic carbocycles. The molecule has 1 saturated heterocycles. The number of piperidine rings is 1. The number of sulfonamides is 1. The van der Waals surface area contributed by atoms with Crippen molar-refractivity contribution in [1.82, 2.24) is 9.29 Å². The summed E-state index contributed by atoms with van der Waals surface area (Å²) in [6.45, 7) is 3.80. The van der Waals surface area contributed by atoms with Gasteiger partial charge in [-0.1, -0.05) is 6.07 Å². The summed E-state index contributed by atoms with van der Waals surface area (Å²) in [6, 6.07) is 9.74. The zero-order valence-electron chi connectivity index (χ0n) is 16.4. The maximum absolute atomic E-state index is 12.9. The molecule has 0 radical (unpaired) electrons. The van der Waals surface area contributed by atoms with Gasteiger partial charge in [-0.25, -0.2) is 13.4 Å². The van der Waals surface area contributed by atoms with E-state index >= 15 is 0 Å². The lowest BCUT2D eigenvalue weighted by molar-refractivity contribution is -0.121. The van der Waals surface area contributed by atoms with Gasteiger partial charge in [0.1, 0.15) is 5.82 Å². The number of nitrogens with one attached hydrogen (secondary N) is 2. The summed E-state index contributed by atoms with van der Waals surface area (Å²) in [5, 5.41) is 5.44. The van der Waals surface area contributed by atoms with Crippen LogP contribution >= 0.6 is 0 Å². The maximum atomic E-state index is 12.9. The molecule has 9 heteroatoms. The molecular formula is C20H24N4O4S. The molecule has 29 heavy (non-hydrogen) atoms. The van der Waals surface area contributed by atoms with Gasteiger partial charge in [0.05, 0.1) is 4.90 Å². The van der Waals surface area contributed by atoms with E-state index in [1.807, 2.05) is 13.0 Å². The third kappa shape index (κ3) is 4.99. The van der Waals surface area contributed by atoms with E-state index in [0.717, 1.165) is 5.56 Å². The van der Waals surface area contributed by atoms with Crippen molar-refractivity contribution in [3.63, 3.8) is 0 Å². The van der Waals surface area contributed by atoms with E-state index in [4.69, 9.17) is 0 Å². The van der Waals surface area contributed by atoms with E-state index in [2.05, 4.69) is 15.6 Å². The first-order valence-corrected chi connectivity index (χ1v) is 10.8. The molecule has 0 atom stereocenters. The fourth-order valence-electron chi connectivity index (χ4n) is 3.26. The highest BCUT2D eigenvalue weighted by Crippen LogP contribution is 2.25. The average molecular weight is 417 g/mol. The predicted octanol–water partition coefficient (Wildman–Crippen LogP) is 2.39. The normalized spacial score (nSPS) is 15.7. The molecule has 8 nitrogen and oxygen atoms in total. The second kappa shape index (κ2) is 8.71. The van der Waals surface area contributed by atoms with Crippen molar-refractivity contribution in [2.45, 2.75) is 31.6 Å². The zero-order valence-corrected chi connectivity index (χ0v) is 17.2. The topological polar surface area (TPSA) is 108 Å². The molecule has 154 valence electrons. The van der Waals surface area contributed by atoms with Crippen molar-refractivity contribution in [3.05, 3.63) is 48.2 Å². The van der Waals surface area contributed by atoms with Gasteiger partial charge in [0.2, 0.25) is 21.8 Å². The van der Waals surface area contributed by atoms with Gasteiger partial charge in [0, 0.05) is 37.8 Å². The molecule has 2 N–H and O–H groups in total. The van der Waals surface area contributed by atoms with Crippen molar-refractivity contribution in [2.75, 3.05) is 23.7 Å². The largest absolute Gasteiger partial charge is 0.326 e. The molecule has 2 amide bonds. The molecule has 1 aromatic heterocycles. The molecule has 2 heterocycles. The van der Waals surface area contributed by atoms with Gasteiger partial charge in [0.15, 0.2) is 0 Å². The molecule has 3 rings (SSSR count). The Labute approximate surface area is 170 Å². The molecule has 1 aliphatic rings. The average Bonchev–Trinajstić information content (AvgIpc) is 2.70. The van der Waals surface area contributed by atoms with Crippen molar-refractivity contribution < 1.29 is 18.0 Å². The van der Waals surface area contributed by atoms with Crippen molar-refractivity contribution in [2.24, 2.45) is 5.92 Å². The van der Waals surface area contributed by atoms with Crippen LogP contribution in [0.3, 0.4) is 0 Å². The van der Waals surface area contributed by atoms with Crippen molar-refractivity contribution in [3.8, 4) is 0 Å². The Kier molecular flexibility index (Phi) is 6.29. The number of pyridine rings is 1. The second-order valence-corrected chi connectivity index (χ2v) is 8.98. The predicted molar refractivity (Wildman–Crippen MR) is 110 cm³/mol. The van der Waals surface area contributed by atoms with Gasteiger partial charge in [-0.05, 0) is 55.7 Å². The Morgan fingerprint density at radius 1 is 1.07 bits per heavy atom. The van der Waals surface area contributed by atoms with E-state index in [-0.39, 0.29) is 35.7 Å². The molecule has 0 unspecified atom stereocenters. The monoisotopic (exact) mass is 416 g/mol. The Bertz CT molecular complexity index is 997. The molecule has 0 spiro atoms. The van der Waals surface area contributed by atoms with Gasteiger partial charge < -0.3 is 10.6 Å². The number of benzene rings is 1. The van der Waals surface area contributed by atoms with E-state index in [9.17, 15) is 18.0 Å². The molecule has 0 saturated carbocycles. The number of nitrogens with zero attached hydrogens (tertiary/aromatic N) is 2. The molecule has 0 bridgehead atoms. The third-order valence-electron chi connectivity index (χ3n) is 4.89. The fraction of sp³-hybridized carbons (Fsp3) is 0.350. The first-order valence-electron chi connectivity index (χ1n) is 9.37. The first kappa shape index (κ1) is 20.9. The van der Waals surface area contributed by atoms with E-state index in [1.54, 1.807) is 24.4 Å². The minimum atomic E-state index is -3.65. The van der Waals surface area contributed by atoms with E-state index < -0.39 is 10.0 Å². The Morgan fingerprint density at radius 3 is 2.31 bits per heavy atom. The van der Waals surface area contributed by atoms with Gasteiger partial charge in [0.25, 0.3) is 0 Å². The number of carbonyl (C=O) groups excluding carboxylic acids is 2. The molecular weight excluding hydrogens is 392 g/mol. The van der Waals surface area contributed by atoms with Crippen LogP contribution in [-0.2, 0) is 19.6 Å². The van der Waals surface area contributed by atoms with Crippen LogP contribution in [0.5, 0.6) is 0 Å². The van der Waals surface area contributed by atoms with Crippen LogP contribution in [0.4, 0.5) is 11.5 Å². The summed E-state index contributed by atoms with van der Waals surface area (Å²) in [4.78, 5) is 27.9. The summed E-state index contributed by atoms with van der Waals surface area (Å²) in [6.07, 6.45) is 2.51. The third-order valence-corrected chi connectivity index (χ3v) is 6.80. The number of anilines is 2. The first-order chi connectivity index (χ1) is 13.8. The standard InChI is InChI=1S/C20H24N4O4S/c1-14-4-3-11-21-19(14)23-20(26)16-9-12-24(13-10-16)29(27,28)18-7-5-17(6-8-18)22-15(2)25/h3-8,11,16H,9-10,12-13H2,1-2H3,(H,22,25)(H,21,23,26). The lowest BCUT2D eigenvalue weighted by atomic mass is 9.97. The molecule has 0 aliphatic carbocycles. The van der Waals surface area contributed by atoms with Gasteiger partial charge in [-0.3, -0.25) is 9.59 Å². The fourth-order valence-corrected chi connectivity index (χ4v) is 4.73. The minimum absolute atomic E-state index is 0.136. The Morgan fingerprint density at radius 2 is 1.72 bits per heavy atom. The Hall–Kier alpha value is -2.78. The van der Waals surface area contributed by atoms with Crippen LogP contribution in [0, 0.1) is 12.8 Å².